The molecule has 28 heavy (non-hydrogen) atoms. The summed E-state index contributed by atoms with van der Waals surface area (Å²) in [5.41, 5.74) is -0.0597. The second-order valence-electron chi connectivity index (χ2n) is 8.68. The van der Waals surface area contributed by atoms with Gasteiger partial charge < -0.3 is 14.2 Å². The maximum atomic E-state index is 12.5. The van der Waals surface area contributed by atoms with Gasteiger partial charge in [0, 0.05) is 12.0 Å². The zero-order valence-corrected chi connectivity index (χ0v) is 17.6. The molecule has 6 heteroatoms. The molecule has 2 fully saturated rings. The summed E-state index contributed by atoms with van der Waals surface area (Å²) in [4.78, 5) is 36.7. The maximum absolute atomic E-state index is 12.5. The van der Waals surface area contributed by atoms with E-state index in [0.29, 0.717) is 18.4 Å². The summed E-state index contributed by atoms with van der Waals surface area (Å²) in [7, 11) is 0. The topological polar surface area (TPSA) is 78.9 Å². The third kappa shape index (κ3) is 5.82. The van der Waals surface area contributed by atoms with Crippen LogP contribution in [0.25, 0.3) is 0 Å². The summed E-state index contributed by atoms with van der Waals surface area (Å²) in [6.07, 6.45) is 4.58. The summed E-state index contributed by atoms with van der Waals surface area (Å²) >= 11 is 0. The van der Waals surface area contributed by atoms with Gasteiger partial charge in [0.15, 0.2) is 0 Å². The fourth-order valence-electron chi connectivity index (χ4n) is 4.07. The van der Waals surface area contributed by atoms with E-state index in [2.05, 4.69) is 6.58 Å². The van der Waals surface area contributed by atoms with Crippen molar-refractivity contribution in [2.75, 3.05) is 0 Å². The van der Waals surface area contributed by atoms with Crippen LogP contribution < -0.4 is 0 Å². The maximum Gasteiger partial charge on any atom is 0.333 e. The Bertz CT molecular complexity index is 602. The molecule has 1 heterocycles. The van der Waals surface area contributed by atoms with E-state index in [1.54, 1.807) is 6.92 Å². The zero-order chi connectivity index (χ0) is 20.9. The van der Waals surface area contributed by atoms with E-state index in [0.717, 1.165) is 32.1 Å². The van der Waals surface area contributed by atoms with Gasteiger partial charge in [0.2, 0.25) is 0 Å². The van der Waals surface area contributed by atoms with Crippen molar-refractivity contribution in [3.63, 3.8) is 0 Å². The minimum atomic E-state index is -0.550. The molecule has 1 saturated heterocycles. The largest absolute Gasteiger partial charge is 0.459 e. The van der Waals surface area contributed by atoms with Crippen LogP contribution in [-0.2, 0) is 28.6 Å². The molecule has 2 rings (SSSR count). The van der Waals surface area contributed by atoms with E-state index in [9.17, 15) is 14.4 Å². The Hall–Kier alpha value is -1.85. The highest BCUT2D eigenvalue weighted by atomic mass is 16.6. The minimum absolute atomic E-state index is 0.0138. The SMILES string of the molecule is C=C(C)C(=O)OC(CC(C)C)C1CC(CC(=O)OC2(CC)CCCC2)C(=O)O1. The molecular weight excluding hydrogens is 360 g/mol. The second kappa shape index (κ2) is 9.57. The van der Waals surface area contributed by atoms with Crippen molar-refractivity contribution in [1.29, 1.82) is 0 Å². The Balaban J connectivity index is 1.97. The Kier molecular flexibility index (Phi) is 7.67. The predicted octanol–water partition coefficient (Wildman–Crippen LogP) is 4.11. The fourth-order valence-corrected chi connectivity index (χ4v) is 4.07. The van der Waals surface area contributed by atoms with Crippen molar-refractivity contribution in [2.45, 2.75) is 96.9 Å². The van der Waals surface area contributed by atoms with Crippen LogP contribution in [0.3, 0.4) is 0 Å². The van der Waals surface area contributed by atoms with Crippen molar-refractivity contribution in [1.82, 2.24) is 0 Å². The molecule has 0 aromatic heterocycles. The molecule has 0 N–H and O–H groups in total. The highest BCUT2D eigenvalue weighted by molar-refractivity contribution is 5.87. The number of rotatable bonds is 9. The van der Waals surface area contributed by atoms with Gasteiger partial charge in [0.05, 0.1) is 12.3 Å². The Morgan fingerprint density at radius 2 is 1.93 bits per heavy atom. The summed E-state index contributed by atoms with van der Waals surface area (Å²) < 4.78 is 16.8. The Morgan fingerprint density at radius 1 is 1.29 bits per heavy atom. The van der Waals surface area contributed by atoms with Crippen molar-refractivity contribution < 1.29 is 28.6 Å². The molecule has 6 nitrogen and oxygen atoms in total. The van der Waals surface area contributed by atoms with Gasteiger partial charge in [-0.25, -0.2) is 4.79 Å². The molecule has 158 valence electrons. The smallest absolute Gasteiger partial charge is 0.333 e. The normalized spacial score (nSPS) is 24.7. The van der Waals surface area contributed by atoms with E-state index in [1.165, 1.54) is 0 Å². The van der Waals surface area contributed by atoms with E-state index >= 15 is 0 Å². The number of carbonyl (C=O) groups is 3. The summed E-state index contributed by atoms with van der Waals surface area (Å²) in [5, 5.41) is 0. The molecule has 0 aromatic carbocycles. The summed E-state index contributed by atoms with van der Waals surface area (Å²) in [5.74, 6) is -1.54. The third-order valence-corrected chi connectivity index (χ3v) is 5.75. The standard InChI is InChI=1S/C22H34O6/c1-6-22(9-7-8-10-22)28-19(23)13-16-12-18(27-21(16)25)17(11-14(2)3)26-20(24)15(4)5/h14,16-18H,4,6-13H2,1-3,5H3. The Labute approximate surface area is 168 Å². The second-order valence-corrected chi connectivity index (χ2v) is 8.68. The number of cyclic esters (lactones) is 1. The van der Waals surface area contributed by atoms with Gasteiger partial charge in [-0.15, -0.1) is 0 Å². The highest BCUT2D eigenvalue weighted by Crippen LogP contribution is 2.37. The van der Waals surface area contributed by atoms with Crippen molar-refractivity contribution in [3.05, 3.63) is 12.2 Å². The first-order valence-electron chi connectivity index (χ1n) is 10.4. The van der Waals surface area contributed by atoms with Gasteiger partial charge >= 0.3 is 17.9 Å². The van der Waals surface area contributed by atoms with Crippen LogP contribution in [0, 0.1) is 11.8 Å². The lowest BCUT2D eigenvalue weighted by Crippen LogP contribution is -2.33. The molecule has 0 spiro atoms. The molecule has 0 bridgehead atoms. The lowest BCUT2D eigenvalue weighted by Gasteiger charge is -2.28. The predicted molar refractivity (Wildman–Crippen MR) is 104 cm³/mol. The third-order valence-electron chi connectivity index (χ3n) is 5.75. The molecule has 2 aliphatic rings. The molecule has 3 atom stereocenters. The minimum Gasteiger partial charge on any atom is -0.459 e. The first-order chi connectivity index (χ1) is 13.2. The lowest BCUT2D eigenvalue weighted by molar-refractivity contribution is -0.164. The summed E-state index contributed by atoms with van der Waals surface area (Å²) in [6, 6.07) is 0. The van der Waals surface area contributed by atoms with Gasteiger partial charge in [0.25, 0.3) is 0 Å². The molecule has 1 saturated carbocycles. The molecule has 0 radical (unpaired) electrons. The van der Waals surface area contributed by atoms with Crippen LogP contribution in [-0.4, -0.2) is 35.7 Å². The average Bonchev–Trinajstić information content (AvgIpc) is 3.21. The van der Waals surface area contributed by atoms with Crippen LogP contribution in [0.5, 0.6) is 0 Å². The lowest BCUT2D eigenvalue weighted by atomic mass is 9.94. The van der Waals surface area contributed by atoms with Crippen LogP contribution in [0.15, 0.2) is 12.2 Å². The molecule has 1 aliphatic heterocycles. The number of hydrogen-bond donors (Lipinski definition) is 0. The van der Waals surface area contributed by atoms with Gasteiger partial charge in [-0.05, 0) is 51.4 Å². The van der Waals surface area contributed by atoms with Crippen LogP contribution >= 0.6 is 0 Å². The summed E-state index contributed by atoms with van der Waals surface area (Å²) in [6.45, 7) is 11.2. The quantitative estimate of drug-likeness (QED) is 0.333. The number of ether oxygens (including phenoxy) is 3. The molecule has 3 unspecified atom stereocenters. The van der Waals surface area contributed by atoms with Crippen molar-refractivity contribution >= 4 is 17.9 Å². The number of esters is 3. The average molecular weight is 395 g/mol. The molecule has 0 aromatic rings. The number of hydrogen-bond acceptors (Lipinski definition) is 6. The van der Waals surface area contributed by atoms with Gasteiger partial charge in [-0.3, -0.25) is 9.59 Å². The van der Waals surface area contributed by atoms with E-state index < -0.39 is 30.1 Å². The molecular formula is C22H34O6. The first-order valence-corrected chi connectivity index (χ1v) is 10.4. The van der Waals surface area contributed by atoms with Crippen LogP contribution in [0.1, 0.15) is 79.1 Å². The van der Waals surface area contributed by atoms with E-state index in [4.69, 9.17) is 14.2 Å². The zero-order valence-electron chi connectivity index (χ0n) is 17.6. The fraction of sp³-hybridized carbons (Fsp3) is 0.773. The van der Waals surface area contributed by atoms with Crippen LogP contribution in [0.2, 0.25) is 0 Å². The highest BCUT2D eigenvalue weighted by Gasteiger charge is 2.43. The monoisotopic (exact) mass is 394 g/mol. The molecule has 0 amide bonds. The van der Waals surface area contributed by atoms with Gasteiger partial charge in [-0.2, -0.15) is 0 Å². The van der Waals surface area contributed by atoms with E-state index in [1.807, 2.05) is 20.8 Å². The van der Waals surface area contributed by atoms with Crippen molar-refractivity contribution in [2.24, 2.45) is 11.8 Å². The van der Waals surface area contributed by atoms with Crippen molar-refractivity contribution in [3.8, 4) is 0 Å². The number of carbonyl (C=O) groups excluding carboxylic acids is 3. The van der Waals surface area contributed by atoms with Crippen LogP contribution in [0.4, 0.5) is 0 Å². The first kappa shape index (κ1) is 22.4. The van der Waals surface area contributed by atoms with Gasteiger partial charge in [0.1, 0.15) is 17.8 Å². The van der Waals surface area contributed by atoms with E-state index in [-0.39, 0.29) is 23.9 Å². The molecule has 1 aliphatic carbocycles. The Morgan fingerprint density at radius 3 is 2.46 bits per heavy atom. The van der Waals surface area contributed by atoms with Gasteiger partial charge in [-0.1, -0.05) is 27.4 Å².